The van der Waals surface area contributed by atoms with Gasteiger partial charge in [-0.25, -0.2) is 8.42 Å². The maximum Gasteiger partial charge on any atom is 0.251 e. The Balaban J connectivity index is 2.65. The molecule has 112 valence electrons. The Hall–Kier alpha value is -1.60. The van der Waals surface area contributed by atoms with Crippen molar-refractivity contribution in [3.05, 3.63) is 29.8 Å². The van der Waals surface area contributed by atoms with Gasteiger partial charge in [0, 0.05) is 31.5 Å². The van der Waals surface area contributed by atoms with E-state index in [2.05, 4.69) is 10.0 Å². The van der Waals surface area contributed by atoms with Crippen LogP contribution in [0.2, 0.25) is 0 Å². The van der Waals surface area contributed by atoms with Gasteiger partial charge >= 0.3 is 0 Å². The van der Waals surface area contributed by atoms with E-state index in [-0.39, 0.29) is 11.7 Å². The molecule has 0 aliphatic carbocycles. The maximum absolute atomic E-state index is 11.9. The summed E-state index contributed by atoms with van der Waals surface area (Å²) >= 11 is 0. The smallest absolute Gasteiger partial charge is 0.251 e. The molecule has 0 heterocycles. The normalized spacial score (nSPS) is 11.1. The van der Waals surface area contributed by atoms with Crippen molar-refractivity contribution in [2.24, 2.45) is 0 Å². The van der Waals surface area contributed by atoms with Gasteiger partial charge in [-0.2, -0.15) is 0 Å². The zero-order chi connectivity index (χ0) is 15.0. The fraction of sp³-hybridized carbons (Fsp3) is 0.462. The SMILES string of the molecule is CCS(=O)(=O)Nc1cccc(C(=O)NCCCOC)c1. The zero-order valence-electron chi connectivity index (χ0n) is 11.7. The monoisotopic (exact) mass is 300 g/mol. The number of rotatable bonds is 8. The highest BCUT2D eigenvalue weighted by atomic mass is 32.2. The van der Waals surface area contributed by atoms with E-state index in [4.69, 9.17) is 4.74 Å². The molecule has 0 spiro atoms. The number of anilines is 1. The molecular formula is C13H20N2O4S. The van der Waals surface area contributed by atoms with Crippen molar-refractivity contribution in [1.29, 1.82) is 0 Å². The second kappa shape index (κ2) is 7.86. The minimum atomic E-state index is -3.34. The van der Waals surface area contributed by atoms with Crippen LogP contribution >= 0.6 is 0 Å². The number of methoxy groups -OCH3 is 1. The fourth-order valence-electron chi connectivity index (χ4n) is 1.50. The van der Waals surface area contributed by atoms with E-state index in [1.54, 1.807) is 32.2 Å². The molecule has 0 fully saturated rings. The van der Waals surface area contributed by atoms with Gasteiger partial charge < -0.3 is 10.1 Å². The summed E-state index contributed by atoms with van der Waals surface area (Å²) < 4.78 is 30.2. The third kappa shape index (κ3) is 5.58. The summed E-state index contributed by atoms with van der Waals surface area (Å²) in [4.78, 5) is 11.9. The molecule has 2 N–H and O–H groups in total. The van der Waals surface area contributed by atoms with Crippen LogP contribution in [0.15, 0.2) is 24.3 Å². The Morgan fingerprint density at radius 2 is 2.10 bits per heavy atom. The number of nitrogens with one attached hydrogen (secondary N) is 2. The molecule has 0 saturated heterocycles. The third-order valence-corrected chi connectivity index (χ3v) is 3.90. The number of hydrogen-bond donors (Lipinski definition) is 2. The summed E-state index contributed by atoms with van der Waals surface area (Å²) in [5.41, 5.74) is 0.801. The molecule has 0 aliphatic heterocycles. The predicted molar refractivity (Wildman–Crippen MR) is 78.4 cm³/mol. The van der Waals surface area contributed by atoms with E-state index in [1.807, 2.05) is 0 Å². The van der Waals surface area contributed by atoms with E-state index < -0.39 is 10.0 Å². The van der Waals surface area contributed by atoms with Gasteiger partial charge in [-0.3, -0.25) is 9.52 Å². The summed E-state index contributed by atoms with van der Waals surface area (Å²) in [6, 6.07) is 6.39. The Kier molecular flexibility index (Phi) is 6.47. The first-order valence-corrected chi connectivity index (χ1v) is 8.01. The number of ether oxygens (including phenoxy) is 1. The van der Waals surface area contributed by atoms with E-state index in [0.29, 0.717) is 24.4 Å². The molecule has 0 unspecified atom stereocenters. The molecular weight excluding hydrogens is 280 g/mol. The second-order valence-corrected chi connectivity index (χ2v) is 6.20. The van der Waals surface area contributed by atoms with Gasteiger partial charge in [0.1, 0.15) is 0 Å². The lowest BCUT2D eigenvalue weighted by atomic mass is 10.2. The molecule has 0 saturated carbocycles. The average Bonchev–Trinajstić information content (AvgIpc) is 2.43. The highest BCUT2D eigenvalue weighted by molar-refractivity contribution is 7.92. The van der Waals surface area contributed by atoms with Crippen LogP contribution in [0.5, 0.6) is 0 Å². The highest BCUT2D eigenvalue weighted by Gasteiger charge is 2.09. The standard InChI is InChI=1S/C13H20N2O4S/c1-3-20(17,18)15-12-7-4-6-11(10-12)13(16)14-8-5-9-19-2/h4,6-7,10,15H,3,5,8-9H2,1-2H3,(H,14,16). The van der Waals surface area contributed by atoms with Crippen molar-refractivity contribution in [3.8, 4) is 0 Å². The Morgan fingerprint density at radius 3 is 2.75 bits per heavy atom. The van der Waals surface area contributed by atoms with Crippen molar-refractivity contribution in [2.75, 3.05) is 30.7 Å². The van der Waals surface area contributed by atoms with Gasteiger partial charge in [0.15, 0.2) is 0 Å². The third-order valence-electron chi connectivity index (χ3n) is 2.59. The van der Waals surface area contributed by atoms with Crippen LogP contribution in [0, 0.1) is 0 Å². The predicted octanol–water partition coefficient (Wildman–Crippen LogP) is 1.21. The molecule has 20 heavy (non-hydrogen) atoms. The van der Waals surface area contributed by atoms with Gasteiger partial charge in [-0.1, -0.05) is 6.07 Å². The summed E-state index contributed by atoms with van der Waals surface area (Å²) in [6.45, 7) is 2.64. The Bertz CT molecular complexity index is 543. The van der Waals surface area contributed by atoms with Gasteiger partial charge in [0.25, 0.3) is 5.91 Å². The lowest BCUT2D eigenvalue weighted by Gasteiger charge is -2.08. The maximum atomic E-state index is 11.9. The minimum Gasteiger partial charge on any atom is -0.385 e. The van der Waals surface area contributed by atoms with Crippen LogP contribution in [-0.4, -0.2) is 40.3 Å². The van der Waals surface area contributed by atoms with Crippen LogP contribution < -0.4 is 10.0 Å². The lowest BCUT2D eigenvalue weighted by Crippen LogP contribution is -2.25. The highest BCUT2D eigenvalue weighted by Crippen LogP contribution is 2.12. The van der Waals surface area contributed by atoms with Crippen molar-refractivity contribution < 1.29 is 17.9 Å². The van der Waals surface area contributed by atoms with Crippen LogP contribution in [0.25, 0.3) is 0 Å². The van der Waals surface area contributed by atoms with Gasteiger partial charge in [-0.15, -0.1) is 0 Å². The minimum absolute atomic E-state index is 0.0135. The molecule has 1 rings (SSSR count). The quantitative estimate of drug-likeness (QED) is 0.707. The number of sulfonamides is 1. The van der Waals surface area contributed by atoms with Crippen molar-refractivity contribution in [3.63, 3.8) is 0 Å². The Labute approximate surface area is 119 Å². The van der Waals surface area contributed by atoms with E-state index in [0.717, 1.165) is 6.42 Å². The van der Waals surface area contributed by atoms with Crippen LogP contribution in [-0.2, 0) is 14.8 Å². The first kappa shape index (κ1) is 16.5. The van der Waals surface area contributed by atoms with Crippen molar-refractivity contribution >= 4 is 21.6 Å². The lowest BCUT2D eigenvalue weighted by molar-refractivity contribution is 0.0948. The number of carbonyl (C=O) groups is 1. The summed E-state index contributed by atoms with van der Waals surface area (Å²) in [5.74, 6) is -0.251. The largest absolute Gasteiger partial charge is 0.385 e. The zero-order valence-corrected chi connectivity index (χ0v) is 12.5. The first-order valence-electron chi connectivity index (χ1n) is 6.36. The van der Waals surface area contributed by atoms with Gasteiger partial charge in [0.2, 0.25) is 10.0 Å². The van der Waals surface area contributed by atoms with E-state index in [1.165, 1.54) is 6.07 Å². The molecule has 6 nitrogen and oxygen atoms in total. The second-order valence-electron chi connectivity index (χ2n) is 4.19. The van der Waals surface area contributed by atoms with Gasteiger partial charge in [0.05, 0.1) is 5.75 Å². The van der Waals surface area contributed by atoms with Crippen LogP contribution in [0.1, 0.15) is 23.7 Å². The van der Waals surface area contributed by atoms with Gasteiger partial charge in [-0.05, 0) is 31.5 Å². The number of hydrogen-bond acceptors (Lipinski definition) is 4. The molecule has 0 aliphatic rings. The molecule has 0 radical (unpaired) electrons. The molecule has 1 aromatic carbocycles. The molecule has 0 atom stereocenters. The number of carbonyl (C=O) groups excluding carboxylic acids is 1. The first-order chi connectivity index (χ1) is 9.48. The summed E-state index contributed by atoms with van der Waals surface area (Å²) in [6.07, 6.45) is 0.727. The number of benzene rings is 1. The molecule has 0 bridgehead atoms. The van der Waals surface area contributed by atoms with Crippen molar-refractivity contribution in [1.82, 2.24) is 5.32 Å². The topological polar surface area (TPSA) is 84.5 Å². The van der Waals surface area contributed by atoms with E-state index in [9.17, 15) is 13.2 Å². The van der Waals surface area contributed by atoms with Crippen LogP contribution in [0.3, 0.4) is 0 Å². The van der Waals surface area contributed by atoms with Crippen LogP contribution in [0.4, 0.5) is 5.69 Å². The summed E-state index contributed by atoms with van der Waals surface area (Å²) in [7, 11) is -1.74. The molecule has 1 amide bonds. The Morgan fingerprint density at radius 1 is 1.35 bits per heavy atom. The molecule has 7 heteroatoms. The summed E-state index contributed by atoms with van der Waals surface area (Å²) in [5, 5.41) is 2.74. The molecule has 1 aromatic rings. The van der Waals surface area contributed by atoms with E-state index >= 15 is 0 Å². The van der Waals surface area contributed by atoms with Crippen molar-refractivity contribution in [2.45, 2.75) is 13.3 Å². The fourth-order valence-corrected chi connectivity index (χ4v) is 2.13. The number of amides is 1. The average molecular weight is 300 g/mol. The molecule has 0 aromatic heterocycles.